The first kappa shape index (κ1) is 15.4. The Balaban J connectivity index is 3.48. The first-order chi connectivity index (χ1) is 7.37. The number of unbranched alkanes of at least 4 members (excludes halogenated alkanes) is 1. The molecule has 0 fully saturated rings. The topological polar surface area (TPSA) is 41.1 Å². The summed E-state index contributed by atoms with van der Waals surface area (Å²) < 4.78 is 0. The lowest BCUT2D eigenvalue weighted by molar-refractivity contribution is -0.124. The first-order valence-electron chi connectivity index (χ1n) is 6.29. The van der Waals surface area contributed by atoms with E-state index in [2.05, 4.69) is 31.4 Å². The van der Waals surface area contributed by atoms with Crippen molar-refractivity contribution in [3.63, 3.8) is 0 Å². The largest absolute Gasteiger partial charge is 0.356 e. The van der Waals surface area contributed by atoms with Crippen molar-refractivity contribution in [2.75, 3.05) is 20.1 Å². The molecule has 0 aromatic rings. The fraction of sp³-hybridized carbons (Fsp3) is 0.923. The minimum atomic E-state index is 0.0626. The maximum absolute atomic E-state index is 11.5. The highest BCUT2D eigenvalue weighted by atomic mass is 16.1. The molecule has 0 aliphatic carbocycles. The van der Waals surface area contributed by atoms with E-state index in [0.29, 0.717) is 5.41 Å². The molecule has 96 valence electrons. The molecule has 0 heterocycles. The van der Waals surface area contributed by atoms with Gasteiger partial charge in [0, 0.05) is 19.0 Å². The summed E-state index contributed by atoms with van der Waals surface area (Å²) in [6.07, 6.45) is 3.48. The van der Waals surface area contributed by atoms with Gasteiger partial charge in [-0.05, 0) is 25.3 Å². The number of amides is 1. The molecule has 1 amide bonds. The first-order valence-corrected chi connectivity index (χ1v) is 6.29. The molecular weight excluding hydrogens is 200 g/mol. The minimum Gasteiger partial charge on any atom is -0.356 e. The Hall–Kier alpha value is -0.570. The third-order valence-electron chi connectivity index (χ3n) is 2.61. The van der Waals surface area contributed by atoms with Crippen LogP contribution in [0.1, 0.15) is 47.0 Å². The average molecular weight is 228 g/mol. The minimum absolute atomic E-state index is 0.0626. The molecule has 3 nitrogen and oxygen atoms in total. The van der Waals surface area contributed by atoms with Crippen LogP contribution in [0.4, 0.5) is 0 Å². The van der Waals surface area contributed by atoms with Gasteiger partial charge in [-0.2, -0.15) is 0 Å². The molecule has 0 spiro atoms. The smallest absolute Gasteiger partial charge is 0.224 e. The predicted molar refractivity (Wildman–Crippen MR) is 69.4 cm³/mol. The lowest BCUT2D eigenvalue weighted by Crippen LogP contribution is -2.34. The standard InChI is InChI=1S/C13H28N2O/c1-11(10-14-5)12(16)15-9-7-6-8-13(2,3)4/h11,14H,6-10H2,1-5H3,(H,15,16). The van der Waals surface area contributed by atoms with E-state index < -0.39 is 0 Å². The van der Waals surface area contributed by atoms with E-state index in [-0.39, 0.29) is 11.8 Å². The molecular formula is C13H28N2O. The zero-order valence-corrected chi connectivity index (χ0v) is 11.5. The number of hydrogen-bond donors (Lipinski definition) is 2. The lowest BCUT2D eigenvalue weighted by atomic mass is 9.90. The molecule has 1 atom stereocenters. The number of hydrogen-bond acceptors (Lipinski definition) is 2. The number of nitrogens with one attached hydrogen (secondary N) is 2. The van der Waals surface area contributed by atoms with E-state index in [4.69, 9.17) is 0 Å². The average Bonchev–Trinajstić information content (AvgIpc) is 2.15. The van der Waals surface area contributed by atoms with Crippen LogP contribution in [0.15, 0.2) is 0 Å². The fourth-order valence-corrected chi connectivity index (χ4v) is 1.57. The van der Waals surface area contributed by atoms with Crippen LogP contribution < -0.4 is 10.6 Å². The summed E-state index contributed by atoms with van der Waals surface area (Å²) in [5.74, 6) is 0.220. The van der Waals surface area contributed by atoms with E-state index in [0.717, 1.165) is 19.5 Å². The van der Waals surface area contributed by atoms with E-state index >= 15 is 0 Å². The van der Waals surface area contributed by atoms with Crippen LogP contribution in [0, 0.1) is 11.3 Å². The Kier molecular flexibility index (Phi) is 7.39. The van der Waals surface area contributed by atoms with Gasteiger partial charge in [-0.3, -0.25) is 4.79 Å². The maximum atomic E-state index is 11.5. The van der Waals surface area contributed by atoms with Crippen LogP contribution in [0.5, 0.6) is 0 Å². The van der Waals surface area contributed by atoms with Crippen LogP contribution in [-0.2, 0) is 4.79 Å². The highest BCUT2D eigenvalue weighted by molar-refractivity contribution is 5.78. The van der Waals surface area contributed by atoms with E-state index in [1.54, 1.807) is 0 Å². The maximum Gasteiger partial charge on any atom is 0.224 e. The molecule has 0 radical (unpaired) electrons. The third-order valence-corrected chi connectivity index (χ3v) is 2.61. The summed E-state index contributed by atoms with van der Waals surface area (Å²) in [4.78, 5) is 11.5. The second-order valence-corrected chi connectivity index (χ2v) is 5.77. The Labute approximate surface area is 100 Å². The summed E-state index contributed by atoms with van der Waals surface area (Å²) in [6, 6.07) is 0. The highest BCUT2D eigenvalue weighted by Crippen LogP contribution is 2.21. The van der Waals surface area contributed by atoms with Gasteiger partial charge in [-0.1, -0.05) is 34.1 Å². The van der Waals surface area contributed by atoms with E-state index in [1.165, 1.54) is 12.8 Å². The van der Waals surface area contributed by atoms with Crippen LogP contribution in [0.2, 0.25) is 0 Å². The van der Waals surface area contributed by atoms with Crippen molar-refractivity contribution in [2.24, 2.45) is 11.3 Å². The number of rotatable bonds is 7. The van der Waals surface area contributed by atoms with E-state index in [1.807, 2.05) is 14.0 Å². The normalized spacial score (nSPS) is 13.6. The molecule has 0 aliphatic rings. The highest BCUT2D eigenvalue weighted by Gasteiger charge is 2.11. The second-order valence-electron chi connectivity index (χ2n) is 5.77. The molecule has 0 rings (SSSR count). The van der Waals surface area contributed by atoms with Gasteiger partial charge < -0.3 is 10.6 Å². The Bertz CT molecular complexity index is 197. The number of carbonyl (C=O) groups is 1. The molecule has 1 unspecified atom stereocenters. The molecule has 0 bridgehead atoms. The zero-order valence-electron chi connectivity index (χ0n) is 11.5. The van der Waals surface area contributed by atoms with Crippen LogP contribution in [0.3, 0.4) is 0 Å². The van der Waals surface area contributed by atoms with Gasteiger partial charge in [0.2, 0.25) is 5.91 Å². The quantitative estimate of drug-likeness (QED) is 0.656. The van der Waals surface area contributed by atoms with Crippen molar-refractivity contribution >= 4 is 5.91 Å². The molecule has 3 heteroatoms. The van der Waals surface area contributed by atoms with Gasteiger partial charge in [0.25, 0.3) is 0 Å². The predicted octanol–water partition coefficient (Wildman–Crippen LogP) is 2.17. The van der Waals surface area contributed by atoms with Crippen molar-refractivity contribution in [1.29, 1.82) is 0 Å². The molecule has 0 saturated heterocycles. The third kappa shape index (κ3) is 8.72. The molecule has 0 saturated carbocycles. The molecule has 16 heavy (non-hydrogen) atoms. The van der Waals surface area contributed by atoms with Crippen molar-refractivity contribution in [2.45, 2.75) is 47.0 Å². The van der Waals surface area contributed by atoms with E-state index in [9.17, 15) is 4.79 Å². The SMILES string of the molecule is CNCC(C)C(=O)NCCCCC(C)(C)C. The summed E-state index contributed by atoms with van der Waals surface area (Å²) in [5, 5.41) is 5.98. The summed E-state index contributed by atoms with van der Waals surface area (Å²) in [5.41, 5.74) is 0.406. The monoisotopic (exact) mass is 228 g/mol. The summed E-state index contributed by atoms with van der Waals surface area (Å²) >= 11 is 0. The summed E-state index contributed by atoms with van der Waals surface area (Å²) in [7, 11) is 1.87. The Morgan fingerprint density at radius 2 is 1.88 bits per heavy atom. The zero-order chi connectivity index (χ0) is 12.6. The van der Waals surface area contributed by atoms with Gasteiger partial charge in [0.05, 0.1) is 0 Å². The van der Waals surface area contributed by atoms with Crippen molar-refractivity contribution in [1.82, 2.24) is 10.6 Å². The van der Waals surface area contributed by atoms with Gasteiger partial charge >= 0.3 is 0 Å². The van der Waals surface area contributed by atoms with Crippen molar-refractivity contribution in [3.8, 4) is 0 Å². The Morgan fingerprint density at radius 3 is 2.38 bits per heavy atom. The lowest BCUT2D eigenvalue weighted by Gasteiger charge is -2.17. The van der Waals surface area contributed by atoms with Crippen molar-refractivity contribution < 1.29 is 4.79 Å². The molecule has 2 N–H and O–H groups in total. The van der Waals surface area contributed by atoms with Crippen LogP contribution >= 0.6 is 0 Å². The second kappa shape index (κ2) is 7.66. The van der Waals surface area contributed by atoms with Gasteiger partial charge in [-0.15, -0.1) is 0 Å². The van der Waals surface area contributed by atoms with Crippen LogP contribution in [0.25, 0.3) is 0 Å². The molecule has 0 aromatic carbocycles. The van der Waals surface area contributed by atoms with Gasteiger partial charge in [0.15, 0.2) is 0 Å². The van der Waals surface area contributed by atoms with Crippen molar-refractivity contribution in [3.05, 3.63) is 0 Å². The molecule has 0 aromatic heterocycles. The molecule has 0 aliphatic heterocycles. The van der Waals surface area contributed by atoms with Gasteiger partial charge in [-0.25, -0.2) is 0 Å². The Morgan fingerprint density at radius 1 is 1.25 bits per heavy atom. The summed E-state index contributed by atoms with van der Waals surface area (Å²) in [6.45, 7) is 10.2. The fourth-order valence-electron chi connectivity index (χ4n) is 1.57. The number of carbonyl (C=O) groups excluding carboxylic acids is 1. The van der Waals surface area contributed by atoms with Crippen LogP contribution in [-0.4, -0.2) is 26.0 Å². The van der Waals surface area contributed by atoms with Gasteiger partial charge in [0.1, 0.15) is 0 Å².